The van der Waals surface area contributed by atoms with E-state index in [1.807, 2.05) is 24.3 Å². The van der Waals surface area contributed by atoms with E-state index in [1.54, 1.807) is 6.20 Å². The lowest BCUT2D eigenvalue weighted by atomic mass is 10.00. The molecule has 1 aromatic heterocycles. The Balaban J connectivity index is 2.08. The number of fused-ring (bicyclic) bond motifs is 1. The van der Waals surface area contributed by atoms with E-state index in [1.165, 1.54) is 19.3 Å². The zero-order valence-corrected chi connectivity index (χ0v) is 12.8. The van der Waals surface area contributed by atoms with Gasteiger partial charge in [0, 0.05) is 21.6 Å². The second-order valence-corrected chi connectivity index (χ2v) is 6.02. The fourth-order valence-electron chi connectivity index (χ4n) is 2.90. The second-order valence-electron chi connectivity index (χ2n) is 5.16. The van der Waals surface area contributed by atoms with Gasteiger partial charge in [-0.05, 0) is 38.1 Å². The number of nitriles is 1. The van der Waals surface area contributed by atoms with Crippen LogP contribution in [0.5, 0.6) is 0 Å². The molecule has 102 valence electrons. The molecule has 3 nitrogen and oxygen atoms in total. The maximum atomic E-state index is 9.63. The number of piperidine rings is 1. The lowest BCUT2D eigenvalue weighted by molar-refractivity contribution is 0.197. The van der Waals surface area contributed by atoms with Crippen molar-refractivity contribution in [1.82, 2.24) is 9.88 Å². The topological polar surface area (TPSA) is 39.9 Å². The van der Waals surface area contributed by atoms with Gasteiger partial charge in [0.15, 0.2) is 0 Å². The molecule has 3 rings (SSSR count). The smallest absolute Gasteiger partial charge is 0.125 e. The number of rotatable bonds is 2. The lowest BCUT2D eigenvalue weighted by Crippen LogP contribution is -2.33. The van der Waals surface area contributed by atoms with Gasteiger partial charge in [-0.1, -0.05) is 34.5 Å². The van der Waals surface area contributed by atoms with Gasteiger partial charge in [0.1, 0.15) is 6.04 Å². The zero-order chi connectivity index (χ0) is 13.9. The van der Waals surface area contributed by atoms with Gasteiger partial charge in [-0.2, -0.15) is 5.26 Å². The molecule has 0 aliphatic carbocycles. The molecule has 0 radical (unpaired) electrons. The Morgan fingerprint density at radius 3 is 2.75 bits per heavy atom. The molecular weight excluding hydrogens is 314 g/mol. The van der Waals surface area contributed by atoms with Crippen molar-refractivity contribution >= 4 is 26.8 Å². The zero-order valence-electron chi connectivity index (χ0n) is 11.2. The number of pyridine rings is 1. The van der Waals surface area contributed by atoms with Crippen LogP contribution >= 0.6 is 15.9 Å². The highest BCUT2D eigenvalue weighted by atomic mass is 79.9. The maximum Gasteiger partial charge on any atom is 0.125 e. The largest absolute Gasteiger partial charge is 0.284 e. The Morgan fingerprint density at radius 2 is 2.00 bits per heavy atom. The van der Waals surface area contributed by atoms with Gasteiger partial charge in [0.25, 0.3) is 0 Å². The molecule has 1 saturated heterocycles. The number of hydrogen-bond acceptors (Lipinski definition) is 3. The van der Waals surface area contributed by atoms with Crippen molar-refractivity contribution in [3.63, 3.8) is 0 Å². The third kappa shape index (κ3) is 2.44. The number of halogens is 1. The Hall–Kier alpha value is -1.44. The van der Waals surface area contributed by atoms with Crippen molar-refractivity contribution < 1.29 is 0 Å². The highest BCUT2D eigenvalue weighted by molar-refractivity contribution is 9.10. The minimum Gasteiger partial charge on any atom is -0.284 e. The Kier molecular flexibility index (Phi) is 4.00. The first kappa shape index (κ1) is 13.5. The van der Waals surface area contributed by atoms with Gasteiger partial charge in [0.2, 0.25) is 0 Å². The molecule has 0 amide bonds. The van der Waals surface area contributed by atoms with Crippen LogP contribution in [0.2, 0.25) is 0 Å². The monoisotopic (exact) mass is 329 g/mol. The van der Waals surface area contributed by atoms with Crippen molar-refractivity contribution in [3.05, 3.63) is 40.5 Å². The van der Waals surface area contributed by atoms with E-state index in [4.69, 9.17) is 0 Å². The lowest BCUT2D eigenvalue weighted by Gasteiger charge is -2.31. The molecule has 20 heavy (non-hydrogen) atoms. The molecule has 4 heteroatoms. The van der Waals surface area contributed by atoms with Crippen LogP contribution in [0.4, 0.5) is 0 Å². The molecule has 1 aliphatic rings. The average Bonchev–Trinajstić information content (AvgIpc) is 2.52. The first-order valence-electron chi connectivity index (χ1n) is 6.98. The summed E-state index contributed by atoms with van der Waals surface area (Å²) < 4.78 is 1.03. The summed E-state index contributed by atoms with van der Waals surface area (Å²) >= 11 is 3.56. The first-order chi connectivity index (χ1) is 9.81. The van der Waals surface area contributed by atoms with E-state index in [2.05, 4.69) is 31.9 Å². The number of aromatic nitrogens is 1. The summed E-state index contributed by atoms with van der Waals surface area (Å²) in [6.45, 7) is 2.01. The van der Waals surface area contributed by atoms with Gasteiger partial charge < -0.3 is 0 Å². The van der Waals surface area contributed by atoms with Crippen LogP contribution in [0.1, 0.15) is 30.9 Å². The average molecular weight is 330 g/mol. The maximum absolute atomic E-state index is 9.63. The number of nitrogens with zero attached hydrogens (tertiary/aromatic N) is 3. The third-order valence-electron chi connectivity index (χ3n) is 3.92. The molecule has 2 aromatic rings. The molecule has 1 fully saturated rings. The second kappa shape index (κ2) is 5.90. The van der Waals surface area contributed by atoms with Crippen molar-refractivity contribution in [2.24, 2.45) is 0 Å². The van der Waals surface area contributed by atoms with Crippen LogP contribution in [0.25, 0.3) is 10.9 Å². The Bertz CT molecular complexity index is 656. The highest BCUT2D eigenvalue weighted by Crippen LogP contribution is 2.32. The van der Waals surface area contributed by atoms with E-state index < -0.39 is 0 Å². The molecule has 1 atom stereocenters. The molecule has 0 spiro atoms. The minimum atomic E-state index is -0.194. The fourth-order valence-corrected chi connectivity index (χ4v) is 3.36. The summed E-state index contributed by atoms with van der Waals surface area (Å²) in [4.78, 5) is 6.78. The first-order valence-corrected chi connectivity index (χ1v) is 7.77. The third-order valence-corrected chi connectivity index (χ3v) is 4.61. The molecule has 0 bridgehead atoms. The van der Waals surface area contributed by atoms with Crippen LogP contribution in [-0.2, 0) is 0 Å². The van der Waals surface area contributed by atoms with Gasteiger partial charge in [0.05, 0.1) is 11.6 Å². The van der Waals surface area contributed by atoms with E-state index in [0.717, 1.165) is 34.0 Å². The van der Waals surface area contributed by atoms with E-state index in [0.29, 0.717) is 0 Å². The number of likely N-dealkylation sites (tertiary alicyclic amines) is 1. The van der Waals surface area contributed by atoms with Crippen LogP contribution in [0, 0.1) is 11.3 Å². The molecular formula is C16H16BrN3. The summed E-state index contributed by atoms with van der Waals surface area (Å²) in [5.74, 6) is 0. The van der Waals surface area contributed by atoms with Crippen molar-refractivity contribution in [2.45, 2.75) is 25.3 Å². The quantitative estimate of drug-likeness (QED) is 0.834. The predicted molar refractivity (Wildman–Crippen MR) is 83.2 cm³/mol. The minimum absolute atomic E-state index is 0.194. The summed E-state index contributed by atoms with van der Waals surface area (Å²) in [5.41, 5.74) is 1.95. The Labute approximate surface area is 127 Å². The van der Waals surface area contributed by atoms with Crippen molar-refractivity contribution in [3.8, 4) is 6.07 Å². The number of hydrogen-bond donors (Lipinski definition) is 0. The molecule has 1 unspecified atom stereocenters. The van der Waals surface area contributed by atoms with Crippen LogP contribution in [-0.4, -0.2) is 23.0 Å². The van der Waals surface area contributed by atoms with Gasteiger partial charge in [-0.25, -0.2) is 0 Å². The normalized spacial score (nSPS) is 17.8. The van der Waals surface area contributed by atoms with Crippen molar-refractivity contribution in [2.75, 3.05) is 13.1 Å². The number of benzene rings is 1. The van der Waals surface area contributed by atoms with Gasteiger partial charge in [-0.15, -0.1) is 0 Å². The molecule has 0 saturated carbocycles. The summed E-state index contributed by atoms with van der Waals surface area (Å²) in [7, 11) is 0. The molecule has 1 aliphatic heterocycles. The molecule has 2 heterocycles. The van der Waals surface area contributed by atoms with Crippen molar-refractivity contribution in [1.29, 1.82) is 5.26 Å². The highest BCUT2D eigenvalue weighted by Gasteiger charge is 2.24. The summed E-state index contributed by atoms with van der Waals surface area (Å²) in [6.07, 6.45) is 5.43. The van der Waals surface area contributed by atoms with E-state index in [-0.39, 0.29) is 6.04 Å². The summed E-state index contributed by atoms with van der Waals surface area (Å²) in [5, 5.41) is 10.7. The predicted octanol–water partition coefficient (Wildman–Crippen LogP) is 4.05. The van der Waals surface area contributed by atoms with Gasteiger partial charge in [-0.3, -0.25) is 9.88 Å². The van der Waals surface area contributed by atoms with E-state index in [9.17, 15) is 5.26 Å². The molecule has 1 aromatic carbocycles. The van der Waals surface area contributed by atoms with Gasteiger partial charge >= 0.3 is 0 Å². The fraction of sp³-hybridized carbons (Fsp3) is 0.375. The van der Waals surface area contributed by atoms with E-state index >= 15 is 0 Å². The summed E-state index contributed by atoms with van der Waals surface area (Å²) in [6, 6.07) is 10.3. The van der Waals surface area contributed by atoms with Crippen LogP contribution in [0.15, 0.2) is 34.9 Å². The van der Waals surface area contributed by atoms with Crippen LogP contribution < -0.4 is 0 Å². The SMILES string of the molecule is N#CC(c1ccc(Br)c2cccnc12)N1CCCCC1. The Morgan fingerprint density at radius 1 is 1.20 bits per heavy atom. The molecule has 0 N–H and O–H groups in total. The standard InChI is InChI=1S/C16H16BrN3/c17-14-7-6-13(16-12(14)5-4-8-19-16)15(11-18)20-9-2-1-3-10-20/h4-8,15H,1-3,9-10H2. The van der Waals surface area contributed by atoms with Crippen LogP contribution in [0.3, 0.4) is 0 Å².